The molecule has 0 aliphatic rings. The Balaban J connectivity index is 2.85. The van der Waals surface area contributed by atoms with Gasteiger partial charge in [0.2, 0.25) is 0 Å². The molecule has 1 rings (SSSR count). The van der Waals surface area contributed by atoms with Crippen LogP contribution in [-0.4, -0.2) is 12.4 Å². The minimum atomic E-state index is -0.324. The van der Waals surface area contributed by atoms with Crippen LogP contribution in [0.15, 0.2) is 18.2 Å². The van der Waals surface area contributed by atoms with Crippen LogP contribution < -0.4 is 4.74 Å². The van der Waals surface area contributed by atoms with Crippen molar-refractivity contribution in [2.45, 2.75) is 33.3 Å². The highest BCUT2D eigenvalue weighted by molar-refractivity contribution is 5.57. The van der Waals surface area contributed by atoms with Crippen LogP contribution in [0.4, 0.5) is 0 Å². The molecule has 14 heavy (non-hydrogen) atoms. The molecule has 0 N–H and O–H groups in total. The fourth-order valence-corrected chi connectivity index (χ4v) is 1.22. The lowest BCUT2D eigenvalue weighted by molar-refractivity contribution is -0.113. The molecule has 0 fully saturated rings. The molecule has 1 unspecified atom stereocenters. The van der Waals surface area contributed by atoms with Gasteiger partial charge in [0.05, 0.1) is 0 Å². The van der Waals surface area contributed by atoms with Crippen molar-refractivity contribution in [2.75, 3.05) is 0 Å². The number of ether oxygens (including phenoxy) is 1. The van der Waals surface area contributed by atoms with Gasteiger partial charge >= 0.3 is 0 Å². The first kappa shape index (κ1) is 10.8. The molecule has 2 heteroatoms. The topological polar surface area (TPSA) is 26.3 Å². The predicted octanol–water partition coefficient (Wildman–Crippen LogP) is 2.66. The summed E-state index contributed by atoms with van der Waals surface area (Å²) in [6, 6.07) is 5.87. The van der Waals surface area contributed by atoms with E-state index in [-0.39, 0.29) is 6.10 Å². The van der Waals surface area contributed by atoms with E-state index in [9.17, 15) is 4.79 Å². The average Bonchev–Trinajstić information content (AvgIpc) is 2.20. The fraction of sp³-hybridized carbons (Fsp3) is 0.417. The molecular formula is C12H16O2. The van der Waals surface area contributed by atoms with Gasteiger partial charge in [-0.1, -0.05) is 19.1 Å². The summed E-state index contributed by atoms with van der Waals surface area (Å²) in [5, 5.41) is 0. The Labute approximate surface area is 84.9 Å². The summed E-state index contributed by atoms with van der Waals surface area (Å²) in [5.74, 6) is 0.809. The second kappa shape index (κ2) is 4.80. The Kier molecular flexibility index (Phi) is 3.69. The summed E-state index contributed by atoms with van der Waals surface area (Å²) in [6.07, 6.45) is 1.23. The van der Waals surface area contributed by atoms with Gasteiger partial charge in [0.25, 0.3) is 0 Å². The van der Waals surface area contributed by atoms with E-state index < -0.39 is 0 Å². The number of carbonyl (C=O) groups excluding carboxylic acids is 1. The van der Waals surface area contributed by atoms with E-state index in [1.54, 1.807) is 0 Å². The third-order valence-corrected chi connectivity index (χ3v) is 2.39. The van der Waals surface area contributed by atoms with Gasteiger partial charge in [-0.05, 0) is 37.5 Å². The molecule has 2 nitrogen and oxygen atoms in total. The first-order valence-corrected chi connectivity index (χ1v) is 4.87. The van der Waals surface area contributed by atoms with E-state index in [2.05, 4.69) is 0 Å². The summed E-state index contributed by atoms with van der Waals surface area (Å²) in [5.41, 5.74) is 2.29. The number of hydrogen-bond donors (Lipinski definition) is 0. The van der Waals surface area contributed by atoms with Crippen molar-refractivity contribution >= 4 is 6.29 Å². The van der Waals surface area contributed by atoms with Crippen molar-refractivity contribution in [1.29, 1.82) is 0 Å². The van der Waals surface area contributed by atoms with Gasteiger partial charge in [0.15, 0.2) is 12.4 Å². The van der Waals surface area contributed by atoms with Crippen molar-refractivity contribution in [2.24, 2.45) is 0 Å². The van der Waals surface area contributed by atoms with Crippen molar-refractivity contribution in [3.63, 3.8) is 0 Å². The van der Waals surface area contributed by atoms with Crippen molar-refractivity contribution in [3.05, 3.63) is 29.3 Å². The van der Waals surface area contributed by atoms with Gasteiger partial charge in [-0.2, -0.15) is 0 Å². The summed E-state index contributed by atoms with van der Waals surface area (Å²) in [6.45, 7) is 5.97. The van der Waals surface area contributed by atoms with Gasteiger partial charge in [-0.15, -0.1) is 0 Å². The smallest absolute Gasteiger partial charge is 0.160 e. The van der Waals surface area contributed by atoms with Gasteiger partial charge in [0.1, 0.15) is 5.75 Å². The maximum Gasteiger partial charge on any atom is 0.160 e. The van der Waals surface area contributed by atoms with E-state index in [1.165, 1.54) is 5.56 Å². The SMILES string of the molecule is CCC(C=O)Oc1cccc(C)c1C. The molecule has 0 amide bonds. The maximum atomic E-state index is 10.6. The van der Waals surface area contributed by atoms with Crippen molar-refractivity contribution < 1.29 is 9.53 Å². The Morgan fingerprint density at radius 2 is 2.14 bits per heavy atom. The maximum absolute atomic E-state index is 10.6. The van der Waals surface area contributed by atoms with Crippen molar-refractivity contribution in [3.8, 4) is 5.75 Å². The number of aryl methyl sites for hydroxylation is 1. The van der Waals surface area contributed by atoms with Crippen LogP contribution in [-0.2, 0) is 4.79 Å². The van der Waals surface area contributed by atoms with E-state index >= 15 is 0 Å². The highest BCUT2D eigenvalue weighted by Gasteiger charge is 2.08. The zero-order chi connectivity index (χ0) is 10.6. The monoisotopic (exact) mass is 192 g/mol. The molecule has 0 saturated carbocycles. The van der Waals surface area contributed by atoms with E-state index in [0.29, 0.717) is 6.42 Å². The third-order valence-electron chi connectivity index (χ3n) is 2.39. The molecule has 0 saturated heterocycles. The molecule has 0 aliphatic heterocycles. The molecule has 76 valence electrons. The number of aldehydes is 1. The standard InChI is InChI=1S/C12H16O2/c1-4-11(8-13)14-12-7-5-6-9(2)10(12)3/h5-8,11H,4H2,1-3H3. The van der Waals surface area contributed by atoms with Gasteiger partial charge in [-0.25, -0.2) is 0 Å². The molecule has 0 radical (unpaired) electrons. The van der Waals surface area contributed by atoms with E-state index in [1.807, 2.05) is 39.0 Å². The van der Waals surface area contributed by atoms with E-state index in [4.69, 9.17) is 4.74 Å². The largest absolute Gasteiger partial charge is 0.483 e. The Bertz CT molecular complexity index is 318. The Morgan fingerprint density at radius 1 is 1.43 bits per heavy atom. The summed E-state index contributed by atoms with van der Waals surface area (Å²) in [7, 11) is 0. The number of carbonyl (C=O) groups is 1. The lowest BCUT2D eigenvalue weighted by Crippen LogP contribution is -2.17. The number of hydrogen-bond acceptors (Lipinski definition) is 2. The van der Waals surface area contributed by atoms with Crippen molar-refractivity contribution in [1.82, 2.24) is 0 Å². The summed E-state index contributed by atoms with van der Waals surface area (Å²) in [4.78, 5) is 10.6. The fourth-order valence-electron chi connectivity index (χ4n) is 1.22. The first-order valence-electron chi connectivity index (χ1n) is 4.87. The van der Waals surface area contributed by atoms with Crippen LogP contribution in [0.1, 0.15) is 24.5 Å². The van der Waals surface area contributed by atoms with Gasteiger partial charge in [-0.3, -0.25) is 4.79 Å². The second-order valence-corrected chi connectivity index (χ2v) is 3.40. The molecule has 1 aromatic rings. The molecule has 0 bridgehead atoms. The van der Waals surface area contributed by atoms with Gasteiger partial charge < -0.3 is 4.74 Å². The minimum Gasteiger partial charge on any atom is -0.483 e. The van der Waals surface area contributed by atoms with Crippen LogP contribution in [0.3, 0.4) is 0 Å². The van der Waals surface area contributed by atoms with Crippen LogP contribution in [0, 0.1) is 13.8 Å². The zero-order valence-corrected chi connectivity index (χ0v) is 8.91. The highest BCUT2D eigenvalue weighted by atomic mass is 16.5. The molecular weight excluding hydrogens is 176 g/mol. The lowest BCUT2D eigenvalue weighted by atomic mass is 10.1. The molecule has 0 aromatic heterocycles. The van der Waals surface area contributed by atoms with Gasteiger partial charge in [0, 0.05) is 0 Å². The van der Waals surface area contributed by atoms with Crippen LogP contribution in [0.2, 0.25) is 0 Å². The lowest BCUT2D eigenvalue weighted by Gasteiger charge is -2.14. The molecule has 0 spiro atoms. The number of benzene rings is 1. The van der Waals surface area contributed by atoms with E-state index in [0.717, 1.165) is 17.6 Å². The Morgan fingerprint density at radius 3 is 2.71 bits per heavy atom. The molecule has 1 atom stereocenters. The normalized spacial score (nSPS) is 12.2. The zero-order valence-electron chi connectivity index (χ0n) is 8.91. The summed E-state index contributed by atoms with van der Waals surface area (Å²) < 4.78 is 5.56. The number of rotatable bonds is 4. The quantitative estimate of drug-likeness (QED) is 0.685. The Hall–Kier alpha value is -1.31. The van der Waals surface area contributed by atoms with Crippen LogP contribution in [0.25, 0.3) is 0 Å². The molecule has 1 aromatic carbocycles. The minimum absolute atomic E-state index is 0.324. The summed E-state index contributed by atoms with van der Waals surface area (Å²) >= 11 is 0. The van der Waals surface area contributed by atoms with Crippen LogP contribution >= 0.6 is 0 Å². The average molecular weight is 192 g/mol. The molecule has 0 heterocycles. The highest BCUT2D eigenvalue weighted by Crippen LogP contribution is 2.21. The predicted molar refractivity (Wildman–Crippen MR) is 56.7 cm³/mol. The van der Waals surface area contributed by atoms with Crippen LogP contribution in [0.5, 0.6) is 5.75 Å². The first-order chi connectivity index (χ1) is 6.69. The second-order valence-electron chi connectivity index (χ2n) is 3.40. The molecule has 0 aliphatic carbocycles. The third kappa shape index (κ3) is 2.34.